The molecule has 6 heteroatoms. The highest BCUT2D eigenvalue weighted by Crippen LogP contribution is 2.37. The predicted molar refractivity (Wildman–Crippen MR) is 70.9 cm³/mol. The maximum absolute atomic E-state index is 5.79. The zero-order valence-corrected chi connectivity index (χ0v) is 12.0. The molecule has 2 aromatic heterocycles. The second kappa shape index (κ2) is 4.01. The van der Waals surface area contributed by atoms with Gasteiger partial charge < -0.3 is 0 Å². The van der Waals surface area contributed by atoms with Crippen LogP contribution >= 0.6 is 34.8 Å². The molecule has 0 aromatic carbocycles. The van der Waals surface area contributed by atoms with Crippen molar-refractivity contribution in [1.82, 2.24) is 14.4 Å². The smallest absolute Gasteiger partial charge is 0.232 e. The quantitative estimate of drug-likeness (QED) is 0.690. The van der Waals surface area contributed by atoms with Gasteiger partial charge in [-0.15, -0.1) is 0 Å². The molecule has 0 aliphatic carbocycles. The van der Waals surface area contributed by atoms with Crippen LogP contribution in [0.2, 0.25) is 0 Å². The van der Waals surface area contributed by atoms with Gasteiger partial charge in [0.15, 0.2) is 0 Å². The maximum Gasteiger partial charge on any atom is 0.232 e. The van der Waals surface area contributed by atoms with E-state index in [2.05, 4.69) is 30.7 Å². The average molecular weight is 293 g/mol. The van der Waals surface area contributed by atoms with Gasteiger partial charge in [-0.1, -0.05) is 55.6 Å². The van der Waals surface area contributed by atoms with E-state index in [0.717, 1.165) is 11.3 Å². The first-order valence-corrected chi connectivity index (χ1v) is 6.24. The molecule has 0 saturated carbocycles. The minimum atomic E-state index is -1.52. The Balaban J connectivity index is 2.56. The largest absolute Gasteiger partial charge is 0.290 e. The van der Waals surface area contributed by atoms with Crippen LogP contribution in [0.25, 0.3) is 5.65 Å². The molecular formula is C11H12Cl3N3. The summed E-state index contributed by atoms with van der Waals surface area (Å²) in [6.45, 7) is 6.29. The molecule has 0 saturated heterocycles. The van der Waals surface area contributed by atoms with Crippen molar-refractivity contribution in [3.8, 4) is 0 Å². The van der Waals surface area contributed by atoms with Crippen LogP contribution in [0.5, 0.6) is 0 Å². The minimum Gasteiger partial charge on any atom is -0.290 e. The van der Waals surface area contributed by atoms with E-state index in [1.54, 1.807) is 12.4 Å². The number of hydrogen-bond acceptors (Lipinski definition) is 2. The summed E-state index contributed by atoms with van der Waals surface area (Å²) in [6.07, 6.45) is 3.54. The van der Waals surface area contributed by atoms with Gasteiger partial charge in [-0.05, 0) is 0 Å². The number of fused-ring (bicyclic) bond motifs is 1. The van der Waals surface area contributed by atoms with Crippen molar-refractivity contribution in [2.45, 2.75) is 30.0 Å². The van der Waals surface area contributed by atoms with Crippen LogP contribution in [-0.2, 0) is 9.21 Å². The fourth-order valence-corrected chi connectivity index (χ4v) is 1.72. The van der Waals surface area contributed by atoms with E-state index < -0.39 is 3.79 Å². The first-order valence-electron chi connectivity index (χ1n) is 5.10. The van der Waals surface area contributed by atoms with Gasteiger partial charge in [0.1, 0.15) is 12.0 Å². The molecule has 92 valence electrons. The molecule has 2 aromatic rings. The topological polar surface area (TPSA) is 30.2 Å². The van der Waals surface area contributed by atoms with E-state index in [-0.39, 0.29) is 5.41 Å². The minimum absolute atomic E-state index is 0.0217. The van der Waals surface area contributed by atoms with Crippen LogP contribution in [0.15, 0.2) is 18.6 Å². The van der Waals surface area contributed by atoms with Crippen LogP contribution < -0.4 is 0 Å². The molecule has 0 N–H and O–H groups in total. The molecule has 17 heavy (non-hydrogen) atoms. The molecule has 2 heterocycles. The number of hydrogen-bond donors (Lipinski definition) is 0. The van der Waals surface area contributed by atoms with Crippen molar-refractivity contribution in [2.24, 2.45) is 0 Å². The highest BCUT2D eigenvalue weighted by Gasteiger charge is 2.26. The fraction of sp³-hybridized carbons (Fsp3) is 0.455. The molecule has 0 amide bonds. The van der Waals surface area contributed by atoms with Gasteiger partial charge in [0.05, 0.1) is 11.4 Å². The van der Waals surface area contributed by atoms with E-state index in [9.17, 15) is 0 Å². The monoisotopic (exact) mass is 291 g/mol. The lowest BCUT2D eigenvalue weighted by atomic mass is 9.93. The van der Waals surface area contributed by atoms with Crippen LogP contribution in [0.4, 0.5) is 0 Å². The lowest BCUT2D eigenvalue weighted by Crippen LogP contribution is -2.11. The van der Waals surface area contributed by atoms with Gasteiger partial charge in [-0.25, -0.2) is 9.97 Å². The van der Waals surface area contributed by atoms with E-state index in [1.807, 2.05) is 10.6 Å². The van der Waals surface area contributed by atoms with E-state index >= 15 is 0 Å². The Bertz CT molecular complexity index is 537. The molecule has 0 spiro atoms. The maximum atomic E-state index is 5.79. The second-order valence-electron chi connectivity index (χ2n) is 4.91. The van der Waals surface area contributed by atoms with Crippen LogP contribution in [0, 0.1) is 0 Å². The molecule has 2 rings (SSSR count). The summed E-state index contributed by atoms with van der Waals surface area (Å²) in [5, 5.41) is 0. The predicted octanol–water partition coefficient (Wildman–Crippen LogP) is 3.85. The van der Waals surface area contributed by atoms with Crippen LogP contribution in [0.1, 0.15) is 32.2 Å². The Hall–Kier alpha value is -0.510. The third kappa shape index (κ3) is 2.67. The van der Waals surface area contributed by atoms with Crippen molar-refractivity contribution in [1.29, 1.82) is 0 Å². The second-order valence-corrected chi connectivity index (χ2v) is 7.19. The number of halogens is 3. The summed E-state index contributed by atoms with van der Waals surface area (Å²) in [5.74, 6) is 0. The summed E-state index contributed by atoms with van der Waals surface area (Å²) in [7, 11) is 0. The molecule has 0 atom stereocenters. The lowest BCUT2D eigenvalue weighted by molar-refractivity contribution is 0.573. The molecule has 0 aliphatic rings. The molecule has 3 nitrogen and oxygen atoms in total. The zero-order valence-electron chi connectivity index (χ0n) is 9.71. The molecular weight excluding hydrogens is 281 g/mol. The van der Waals surface area contributed by atoms with Gasteiger partial charge in [0.25, 0.3) is 0 Å². The van der Waals surface area contributed by atoms with Crippen molar-refractivity contribution in [3.05, 3.63) is 30.0 Å². The average Bonchev–Trinajstić information content (AvgIpc) is 2.57. The van der Waals surface area contributed by atoms with Crippen molar-refractivity contribution in [2.75, 3.05) is 0 Å². The highest BCUT2D eigenvalue weighted by atomic mass is 35.6. The number of imidazole rings is 1. The van der Waals surface area contributed by atoms with Crippen molar-refractivity contribution >= 4 is 40.4 Å². The number of rotatable bonds is 0. The number of aromatic nitrogens is 3. The van der Waals surface area contributed by atoms with Crippen molar-refractivity contribution < 1.29 is 0 Å². The first kappa shape index (κ1) is 12.9. The Kier molecular flexibility index (Phi) is 3.05. The number of nitrogens with zero attached hydrogens (tertiary/aromatic N) is 3. The number of alkyl halides is 3. The van der Waals surface area contributed by atoms with Gasteiger partial charge in [-0.3, -0.25) is 4.40 Å². The van der Waals surface area contributed by atoms with Gasteiger partial charge in [0, 0.05) is 17.7 Å². The molecule has 0 unspecified atom stereocenters. The lowest BCUT2D eigenvalue weighted by Gasteiger charge is -2.13. The zero-order chi connectivity index (χ0) is 12.8. The summed E-state index contributed by atoms with van der Waals surface area (Å²) in [4.78, 5) is 8.61. The standard InChI is InChI=1S/C11H12Cl3N3/c1-10(2,3)8-5-17-6-15-7(11(12,13)14)4-9(17)16-8/h4-6H,1-3H3. The van der Waals surface area contributed by atoms with Gasteiger partial charge >= 0.3 is 0 Å². The first-order chi connectivity index (χ1) is 7.68. The Labute approximate surface area is 115 Å². The Morgan fingerprint density at radius 2 is 1.76 bits per heavy atom. The summed E-state index contributed by atoms with van der Waals surface area (Å²) < 4.78 is 0.302. The highest BCUT2D eigenvalue weighted by molar-refractivity contribution is 6.66. The fourth-order valence-electron chi connectivity index (χ4n) is 1.41. The van der Waals surface area contributed by atoms with E-state index in [1.165, 1.54) is 0 Å². The SMILES string of the molecule is CC(C)(C)c1cn2cnc(C(Cl)(Cl)Cl)cc2n1. The third-order valence-electron chi connectivity index (χ3n) is 2.41. The Morgan fingerprint density at radius 3 is 2.29 bits per heavy atom. The molecule has 0 bridgehead atoms. The molecule has 0 radical (unpaired) electrons. The summed E-state index contributed by atoms with van der Waals surface area (Å²) in [5.41, 5.74) is 2.06. The van der Waals surface area contributed by atoms with Crippen molar-refractivity contribution in [3.63, 3.8) is 0 Å². The van der Waals surface area contributed by atoms with Crippen LogP contribution in [0.3, 0.4) is 0 Å². The van der Waals surface area contributed by atoms with Crippen LogP contribution in [-0.4, -0.2) is 14.4 Å². The third-order valence-corrected chi connectivity index (χ3v) is 2.99. The summed E-state index contributed by atoms with van der Waals surface area (Å²) >= 11 is 17.4. The van der Waals surface area contributed by atoms with E-state index in [0.29, 0.717) is 5.69 Å². The summed E-state index contributed by atoms with van der Waals surface area (Å²) in [6, 6.07) is 1.68. The van der Waals surface area contributed by atoms with Gasteiger partial charge in [-0.2, -0.15) is 0 Å². The molecule has 0 fully saturated rings. The van der Waals surface area contributed by atoms with Gasteiger partial charge in [0.2, 0.25) is 3.79 Å². The normalized spacial score (nSPS) is 13.3. The molecule has 0 aliphatic heterocycles. The van der Waals surface area contributed by atoms with E-state index in [4.69, 9.17) is 34.8 Å². The Morgan fingerprint density at radius 1 is 1.12 bits per heavy atom.